The molecule has 0 aliphatic carbocycles. The second-order valence-corrected chi connectivity index (χ2v) is 4.21. The van der Waals surface area contributed by atoms with Crippen molar-refractivity contribution in [3.63, 3.8) is 0 Å². The summed E-state index contributed by atoms with van der Waals surface area (Å²) in [5.41, 5.74) is 5.68. The van der Waals surface area contributed by atoms with Crippen LogP contribution in [0.2, 0.25) is 0 Å². The number of piperidine rings is 1. The van der Waals surface area contributed by atoms with Crippen LogP contribution in [0.3, 0.4) is 0 Å². The van der Waals surface area contributed by atoms with Crippen LogP contribution in [-0.2, 0) is 6.54 Å². The minimum Gasteiger partial charge on any atom is -0.338 e. The topological polar surface area (TPSA) is 68.2 Å². The Morgan fingerprint density at radius 1 is 1.60 bits per heavy atom. The molecule has 1 atom stereocenters. The van der Waals surface area contributed by atoms with Gasteiger partial charge >= 0.3 is 0 Å². The van der Waals surface area contributed by atoms with Gasteiger partial charge in [0.1, 0.15) is 0 Å². The van der Waals surface area contributed by atoms with E-state index in [2.05, 4.69) is 15.0 Å². The number of likely N-dealkylation sites (tertiary alicyclic amines) is 1. The second-order valence-electron chi connectivity index (χ2n) is 4.21. The van der Waals surface area contributed by atoms with Gasteiger partial charge in [-0.15, -0.1) is 0 Å². The van der Waals surface area contributed by atoms with E-state index in [1.165, 1.54) is 12.8 Å². The van der Waals surface area contributed by atoms with Crippen LogP contribution >= 0.6 is 0 Å². The third-order valence-corrected chi connectivity index (χ3v) is 2.86. The molecule has 84 valence electrons. The zero-order chi connectivity index (χ0) is 10.7. The Morgan fingerprint density at radius 3 is 3.13 bits per heavy atom. The Kier molecular flexibility index (Phi) is 3.33. The van der Waals surface area contributed by atoms with Gasteiger partial charge in [-0.25, -0.2) is 0 Å². The van der Waals surface area contributed by atoms with Crippen LogP contribution in [0.25, 0.3) is 0 Å². The van der Waals surface area contributed by atoms with E-state index in [0.29, 0.717) is 17.6 Å². The average Bonchev–Trinajstić information content (AvgIpc) is 2.64. The minimum absolute atomic E-state index is 0.628. The molecular formula is C10H18N4O. The number of aryl methyl sites for hydroxylation is 1. The molecule has 2 N–H and O–H groups in total. The largest absolute Gasteiger partial charge is 0.338 e. The third-order valence-electron chi connectivity index (χ3n) is 2.86. The number of nitrogens with zero attached hydrogens (tertiary/aromatic N) is 3. The number of nitrogens with two attached hydrogens (primary N) is 1. The molecule has 0 radical (unpaired) electrons. The fourth-order valence-corrected chi connectivity index (χ4v) is 2.08. The highest BCUT2D eigenvalue weighted by molar-refractivity contribution is 4.84. The van der Waals surface area contributed by atoms with E-state index in [1.54, 1.807) is 0 Å². The molecule has 0 spiro atoms. The van der Waals surface area contributed by atoms with Gasteiger partial charge in [-0.3, -0.25) is 4.90 Å². The molecule has 5 nitrogen and oxygen atoms in total. The van der Waals surface area contributed by atoms with Gasteiger partial charge in [-0.05, 0) is 38.8 Å². The fourth-order valence-electron chi connectivity index (χ4n) is 2.08. The van der Waals surface area contributed by atoms with E-state index < -0.39 is 0 Å². The molecule has 15 heavy (non-hydrogen) atoms. The summed E-state index contributed by atoms with van der Waals surface area (Å²) in [6.07, 6.45) is 2.46. The normalized spacial score (nSPS) is 23.2. The second kappa shape index (κ2) is 4.72. The van der Waals surface area contributed by atoms with Crippen LogP contribution in [0.1, 0.15) is 24.6 Å². The zero-order valence-electron chi connectivity index (χ0n) is 9.15. The molecule has 2 rings (SSSR count). The standard InChI is InChI=1S/C10H18N4O/c1-8-12-10(15-13-8)7-14-4-2-3-9(5-11)6-14/h9H,2-7,11H2,1H3. The van der Waals surface area contributed by atoms with Crippen molar-refractivity contribution in [1.82, 2.24) is 15.0 Å². The molecule has 1 aromatic rings. The van der Waals surface area contributed by atoms with E-state index in [0.717, 1.165) is 26.2 Å². The highest BCUT2D eigenvalue weighted by atomic mass is 16.5. The highest BCUT2D eigenvalue weighted by Crippen LogP contribution is 2.16. The van der Waals surface area contributed by atoms with E-state index in [4.69, 9.17) is 10.3 Å². The molecule has 0 bridgehead atoms. The number of aromatic nitrogens is 2. The van der Waals surface area contributed by atoms with Crippen LogP contribution in [0.4, 0.5) is 0 Å². The number of hydrogen-bond donors (Lipinski definition) is 1. The molecule has 2 heterocycles. The molecule has 1 saturated heterocycles. The summed E-state index contributed by atoms with van der Waals surface area (Å²) in [6, 6.07) is 0. The monoisotopic (exact) mass is 210 g/mol. The number of hydrogen-bond acceptors (Lipinski definition) is 5. The Balaban J connectivity index is 1.88. The molecule has 1 aliphatic rings. The summed E-state index contributed by atoms with van der Waals surface area (Å²) in [6.45, 7) is 5.54. The number of rotatable bonds is 3. The lowest BCUT2D eigenvalue weighted by Gasteiger charge is -2.30. The summed E-state index contributed by atoms with van der Waals surface area (Å²) in [7, 11) is 0. The van der Waals surface area contributed by atoms with Gasteiger partial charge in [-0.2, -0.15) is 4.98 Å². The van der Waals surface area contributed by atoms with E-state index in [1.807, 2.05) is 6.92 Å². The van der Waals surface area contributed by atoms with Crippen molar-refractivity contribution in [2.24, 2.45) is 11.7 Å². The van der Waals surface area contributed by atoms with Crippen LogP contribution in [0.5, 0.6) is 0 Å². The molecule has 1 aromatic heterocycles. The maximum absolute atomic E-state index is 5.68. The van der Waals surface area contributed by atoms with Crippen molar-refractivity contribution in [1.29, 1.82) is 0 Å². The lowest BCUT2D eigenvalue weighted by atomic mass is 9.98. The summed E-state index contributed by atoms with van der Waals surface area (Å²) in [5.74, 6) is 2.05. The Labute approximate surface area is 89.6 Å². The van der Waals surface area contributed by atoms with E-state index in [9.17, 15) is 0 Å². The van der Waals surface area contributed by atoms with E-state index >= 15 is 0 Å². The Bertz CT molecular complexity index is 312. The molecule has 1 fully saturated rings. The first-order chi connectivity index (χ1) is 7.28. The smallest absolute Gasteiger partial charge is 0.240 e. The first-order valence-corrected chi connectivity index (χ1v) is 5.49. The predicted octanol–water partition coefficient (Wildman–Crippen LogP) is 0.549. The van der Waals surface area contributed by atoms with Crippen molar-refractivity contribution in [2.45, 2.75) is 26.3 Å². The van der Waals surface area contributed by atoms with Crippen molar-refractivity contribution in [3.8, 4) is 0 Å². The van der Waals surface area contributed by atoms with Gasteiger partial charge in [-0.1, -0.05) is 5.16 Å². The quantitative estimate of drug-likeness (QED) is 0.789. The van der Waals surface area contributed by atoms with Crippen LogP contribution in [0.15, 0.2) is 4.52 Å². The van der Waals surface area contributed by atoms with Crippen LogP contribution in [0, 0.1) is 12.8 Å². The van der Waals surface area contributed by atoms with Gasteiger partial charge in [0.15, 0.2) is 5.82 Å². The van der Waals surface area contributed by atoms with Crippen LogP contribution in [-0.4, -0.2) is 34.7 Å². The molecule has 0 saturated carbocycles. The maximum atomic E-state index is 5.68. The lowest BCUT2D eigenvalue weighted by Crippen LogP contribution is -2.37. The molecule has 1 aliphatic heterocycles. The fraction of sp³-hybridized carbons (Fsp3) is 0.800. The highest BCUT2D eigenvalue weighted by Gasteiger charge is 2.20. The Morgan fingerprint density at radius 2 is 2.47 bits per heavy atom. The Hall–Kier alpha value is -0.940. The molecular weight excluding hydrogens is 192 g/mol. The first kappa shape index (κ1) is 10.6. The third kappa shape index (κ3) is 2.76. The summed E-state index contributed by atoms with van der Waals surface area (Å²) < 4.78 is 5.10. The van der Waals surface area contributed by atoms with Crippen LogP contribution < -0.4 is 5.73 Å². The van der Waals surface area contributed by atoms with Crippen molar-refractivity contribution in [2.75, 3.05) is 19.6 Å². The van der Waals surface area contributed by atoms with Crippen molar-refractivity contribution < 1.29 is 4.52 Å². The predicted molar refractivity (Wildman–Crippen MR) is 56.1 cm³/mol. The lowest BCUT2D eigenvalue weighted by molar-refractivity contribution is 0.153. The van der Waals surface area contributed by atoms with Crippen molar-refractivity contribution in [3.05, 3.63) is 11.7 Å². The maximum Gasteiger partial charge on any atom is 0.240 e. The summed E-state index contributed by atoms with van der Waals surface area (Å²) >= 11 is 0. The average molecular weight is 210 g/mol. The minimum atomic E-state index is 0.628. The molecule has 0 amide bonds. The molecule has 5 heteroatoms. The van der Waals surface area contributed by atoms with Gasteiger partial charge in [0, 0.05) is 6.54 Å². The molecule has 0 aromatic carbocycles. The van der Waals surface area contributed by atoms with Gasteiger partial charge in [0.05, 0.1) is 6.54 Å². The van der Waals surface area contributed by atoms with Gasteiger partial charge < -0.3 is 10.3 Å². The van der Waals surface area contributed by atoms with Gasteiger partial charge in [0.2, 0.25) is 5.89 Å². The zero-order valence-corrected chi connectivity index (χ0v) is 9.15. The SMILES string of the molecule is Cc1noc(CN2CCCC(CN)C2)n1. The first-order valence-electron chi connectivity index (χ1n) is 5.49. The summed E-state index contributed by atoms with van der Waals surface area (Å²) in [5, 5.41) is 3.78. The van der Waals surface area contributed by atoms with Gasteiger partial charge in [0.25, 0.3) is 0 Å². The molecule has 1 unspecified atom stereocenters. The van der Waals surface area contributed by atoms with E-state index in [-0.39, 0.29) is 0 Å². The van der Waals surface area contributed by atoms with Crippen molar-refractivity contribution >= 4 is 0 Å². The summed E-state index contributed by atoms with van der Waals surface area (Å²) in [4.78, 5) is 6.55.